The molecule has 5 aliphatic rings. The normalized spacial score (nSPS) is 58.6. The molecule has 6 heteroatoms. The summed E-state index contributed by atoms with van der Waals surface area (Å²) in [4.78, 5) is 11.7. The van der Waals surface area contributed by atoms with E-state index in [2.05, 4.69) is 6.92 Å². The molecule has 23 heavy (non-hydrogen) atoms. The Bertz CT molecular complexity index is 482. The zero-order valence-electron chi connectivity index (χ0n) is 14.4. The van der Waals surface area contributed by atoms with Crippen molar-refractivity contribution in [2.24, 2.45) is 17.8 Å². The Labute approximate surface area is 137 Å². The van der Waals surface area contributed by atoms with E-state index in [9.17, 15) is 5.11 Å². The average molecular weight is 328 g/mol. The molecule has 2 unspecified atom stereocenters. The summed E-state index contributed by atoms with van der Waals surface area (Å²) in [6.45, 7) is 8.30. The highest BCUT2D eigenvalue weighted by Gasteiger charge is 2.72. The van der Waals surface area contributed by atoms with Crippen molar-refractivity contribution in [3.63, 3.8) is 0 Å². The van der Waals surface area contributed by atoms with E-state index in [0.717, 1.165) is 25.7 Å². The summed E-state index contributed by atoms with van der Waals surface area (Å²) in [6, 6.07) is 0. The maximum Gasteiger partial charge on any atom is 0.201 e. The second kappa shape index (κ2) is 5.13. The van der Waals surface area contributed by atoms with Gasteiger partial charge in [-0.1, -0.05) is 6.92 Å². The van der Waals surface area contributed by atoms with Crippen LogP contribution in [0.4, 0.5) is 0 Å². The van der Waals surface area contributed by atoms with Gasteiger partial charge in [-0.2, -0.15) is 0 Å². The zero-order valence-corrected chi connectivity index (χ0v) is 14.4. The smallest absolute Gasteiger partial charge is 0.201 e. The number of hydrogen-bond donors (Lipinski definition) is 1. The fourth-order valence-electron chi connectivity index (χ4n) is 5.24. The maximum atomic E-state index is 11.2. The third-order valence-corrected chi connectivity index (χ3v) is 6.47. The van der Waals surface area contributed by atoms with Gasteiger partial charge in [-0.3, -0.25) is 0 Å². The molecule has 4 saturated heterocycles. The van der Waals surface area contributed by atoms with Crippen LogP contribution in [0.25, 0.3) is 0 Å². The fraction of sp³-hybridized carbons (Fsp3) is 1.00. The van der Waals surface area contributed by atoms with E-state index >= 15 is 0 Å². The lowest BCUT2D eigenvalue weighted by Crippen LogP contribution is -2.75. The summed E-state index contributed by atoms with van der Waals surface area (Å²) in [5.41, 5.74) is -1.90. The summed E-state index contributed by atoms with van der Waals surface area (Å²) < 4.78 is 18.0. The zero-order chi connectivity index (χ0) is 16.5. The number of fused-ring (bicyclic) bond motifs is 2. The lowest BCUT2D eigenvalue weighted by atomic mass is 9.57. The molecule has 1 aliphatic carbocycles. The van der Waals surface area contributed by atoms with Gasteiger partial charge in [-0.15, -0.1) is 0 Å². The van der Waals surface area contributed by atoms with Gasteiger partial charge >= 0.3 is 0 Å². The van der Waals surface area contributed by atoms with Gasteiger partial charge in [0.1, 0.15) is 5.60 Å². The Morgan fingerprint density at radius 3 is 2.70 bits per heavy atom. The fourth-order valence-corrected chi connectivity index (χ4v) is 5.24. The second-order valence-corrected chi connectivity index (χ2v) is 8.01. The Balaban J connectivity index is 1.80. The number of hydrogen-bond acceptors (Lipinski definition) is 6. The van der Waals surface area contributed by atoms with Crippen LogP contribution in [-0.2, 0) is 24.0 Å². The van der Waals surface area contributed by atoms with Gasteiger partial charge in [0.25, 0.3) is 0 Å². The van der Waals surface area contributed by atoms with Gasteiger partial charge in [0.2, 0.25) is 5.79 Å². The highest BCUT2D eigenvalue weighted by molar-refractivity contribution is 5.13. The third kappa shape index (κ3) is 2.09. The molecular formula is C17H28O6. The van der Waals surface area contributed by atoms with E-state index in [1.807, 2.05) is 13.8 Å². The third-order valence-electron chi connectivity index (χ3n) is 6.47. The average Bonchev–Trinajstić information content (AvgIpc) is 2.71. The molecule has 2 bridgehead atoms. The van der Waals surface area contributed by atoms with Crippen molar-refractivity contribution < 1.29 is 29.1 Å². The molecule has 0 amide bonds. The molecule has 5 rings (SSSR count). The number of ether oxygens (including phenoxy) is 3. The molecule has 132 valence electrons. The minimum Gasteiger partial charge on any atom is -0.384 e. The number of aliphatic hydroxyl groups is 1. The van der Waals surface area contributed by atoms with Crippen LogP contribution in [0.3, 0.4) is 0 Å². The Morgan fingerprint density at radius 1 is 1.17 bits per heavy atom. The maximum absolute atomic E-state index is 11.2. The minimum absolute atomic E-state index is 0.144. The van der Waals surface area contributed by atoms with E-state index in [1.165, 1.54) is 0 Å². The van der Waals surface area contributed by atoms with Gasteiger partial charge in [-0.05, 0) is 51.9 Å². The van der Waals surface area contributed by atoms with E-state index in [4.69, 9.17) is 24.0 Å². The van der Waals surface area contributed by atoms with Crippen molar-refractivity contribution in [2.75, 3.05) is 6.61 Å². The Morgan fingerprint density at radius 2 is 1.96 bits per heavy atom. The Kier molecular flexibility index (Phi) is 3.62. The first-order valence-electron chi connectivity index (χ1n) is 8.87. The van der Waals surface area contributed by atoms with Gasteiger partial charge < -0.3 is 19.3 Å². The van der Waals surface area contributed by atoms with E-state index in [-0.39, 0.29) is 11.8 Å². The predicted molar refractivity (Wildman–Crippen MR) is 79.9 cm³/mol. The van der Waals surface area contributed by atoms with Crippen LogP contribution in [0.15, 0.2) is 0 Å². The molecule has 1 N–H and O–H groups in total. The van der Waals surface area contributed by atoms with Crippen molar-refractivity contribution in [1.82, 2.24) is 0 Å². The summed E-state index contributed by atoms with van der Waals surface area (Å²) in [7, 11) is 0. The number of rotatable bonds is 2. The first-order chi connectivity index (χ1) is 10.8. The van der Waals surface area contributed by atoms with Crippen molar-refractivity contribution in [3.8, 4) is 0 Å². The van der Waals surface area contributed by atoms with Crippen LogP contribution in [-0.4, -0.2) is 41.3 Å². The second-order valence-electron chi connectivity index (χ2n) is 8.01. The molecule has 5 fully saturated rings. The topological polar surface area (TPSA) is 66.4 Å². The van der Waals surface area contributed by atoms with Crippen molar-refractivity contribution in [1.29, 1.82) is 0 Å². The lowest BCUT2D eigenvalue weighted by molar-refractivity contribution is -0.584. The lowest BCUT2D eigenvalue weighted by Gasteiger charge is -2.62. The van der Waals surface area contributed by atoms with Crippen molar-refractivity contribution in [3.05, 3.63) is 0 Å². The van der Waals surface area contributed by atoms with Crippen molar-refractivity contribution in [2.45, 2.75) is 82.9 Å². The van der Waals surface area contributed by atoms with Crippen LogP contribution >= 0.6 is 0 Å². The highest BCUT2D eigenvalue weighted by atomic mass is 17.3. The predicted octanol–water partition coefficient (Wildman–Crippen LogP) is 2.35. The Hall–Kier alpha value is -0.240. The SMILES string of the molecule is CCO[C@H]1O[C@@H]2O[C@@]3(C)CCC4[C@H](C)CCC([C@]42OO3)[C@@]1(C)O. The van der Waals surface area contributed by atoms with Crippen LogP contribution in [0.2, 0.25) is 0 Å². The van der Waals surface area contributed by atoms with Gasteiger partial charge in [0.05, 0.1) is 0 Å². The summed E-state index contributed by atoms with van der Waals surface area (Å²) in [5, 5.41) is 11.2. The van der Waals surface area contributed by atoms with E-state index in [1.54, 1.807) is 6.92 Å². The molecule has 0 aromatic carbocycles. The standard InChI is InChI=1S/C17H28O6/c1-5-19-13-16(4,18)12-7-6-10(2)11-8-9-15(3)21-14(20-13)17(11,12)23-22-15/h10-14,18H,5-9H2,1-4H3/t10-,11?,12?,13+,14-,15-,16-,17-/m1/s1. The van der Waals surface area contributed by atoms with Crippen LogP contribution in [0.1, 0.15) is 53.4 Å². The van der Waals surface area contributed by atoms with E-state index in [0.29, 0.717) is 12.5 Å². The van der Waals surface area contributed by atoms with Gasteiger partial charge in [-0.25, -0.2) is 9.78 Å². The monoisotopic (exact) mass is 328 g/mol. The van der Waals surface area contributed by atoms with Crippen molar-refractivity contribution >= 4 is 0 Å². The molecule has 1 spiro atoms. The first kappa shape index (κ1) is 16.2. The molecule has 0 radical (unpaired) electrons. The molecule has 1 saturated carbocycles. The molecule has 6 nitrogen and oxygen atoms in total. The molecule has 4 aliphatic heterocycles. The molecular weight excluding hydrogens is 300 g/mol. The largest absolute Gasteiger partial charge is 0.384 e. The first-order valence-corrected chi connectivity index (χ1v) is 8.87. The van der Waals surface area contributed by atoms with Crippen LogP contribution in [0, 0.1) is 17.8 Å². The molecule has 8 atom stereocenters. The van der Waals surface area contributed by atoms with Crippen LogP contribution in [0.5, 0.6) is 0 Å². The molecule has 4 heterocycles. The van der Waals surface area contributed by atoms with Gasteiger partial charge in [0, 0.05) is 18.9 Å². The van der Waals surface area contributed by atoms with Gasteiger partial charge in [0.15, 0.2) is 18.2 Å². The van der Waals surface area contributed by atoms with E-state index < -0.39 is 29.6 Å². The molecule has 0 aromatic heterocycles. The summed E-state index contributed by atoms with van der Waals surface area (Å²) in [5.74, 6) is -0.222. The summed E-state index contributed by atoms with van der Waals surface area (Å²) in [6.07, 6.45) is 2.32. The molecule has 0 aromatic rings. The summed E-state index contributed by atoms with van der Waals surface area (Å²) >= 11 is 0. The quantitative estimate of drug-likeness (QED) is 0.785. The van der Waals surface area contributed by atoms with Crippen LogP contribution < -0.4 is 0 Å². The highest BCUT2D eigenvalue weighted by Crippen LogP contribution is 2.61. The minimum atomic E-state index is -1.14.